The molecular weight excluding hydrogens is 510 g/mol. The van der Waals surface area contributed by atoms with Crippen LogP contribution in [0.3, 0.4) is 0 Å². The molecule has 0 aliphatic rings. The smallest absolute Gasteiger partial charge is 0.262 e. The fraction of sp³-hybridized carbons (Fsp3) is 0.161. The monoisotopic (exact) mass is 541 g/mol. The molecule has 8 heteroatoms. The van der Waals surface area contributed by atoms with Crippen LogP contribution in [-0.4, -0.2) is 26.8 Å². The standard InChI is InChI=1S/C31H31N3O4S/c1-21-14-16-26(19-23(21)3)34-39(37,38)29-20-25(15-13-22(29)2)30(35)33-28-12-8-7-11-27(28)31(36)32-18-17-24-9-5-4-6-10-24/h4-16,19-20,34H,17-18H2,1-3H3,(H,32,36)(H,33,35). The van der Waals surface area contributed by atoms with E-state index in [1.807, 2.05) is 50.2 Å². The van der Waals surface area contributed by atoms with E-state index in [0.717, 1.165) is 16.7 Å². The Morgan fingerprint density at radius 2 is 1.41 bits per heavy atom. The predicted molar refractivity (Wildman–Crippen MR) is 155 cm³/mol. The van der Waals surface area contributed by atoms with Crippen LogP contribution in [-0.2, 0) is 16.4 Å². The number of carbonyl (C=O) groups is 2. The van der Waals surface area contributed by atoms with Gasteiger partial charge in [-0.25, -0.2) is 8.42 Å². The lowest BCUT2D eigenvalue weighted by molar-refractivity contribution is 0.0955. The van der Waals surface area contributed by atoms with Crippen LogP contribution in [0.5, 0.6) is 0 Å². The Labute approximate surface area is 229 Å². The van der Waals surface area contributed by atoms with E-state index in [1.54, 1.807) is 55.5 Å². The molecule has 3 N–H and O–H groups in total. The molecule has 7 nitrogen and oxygen atoms in total. The predicted octanol–water partition coefficient (Wildman–Crippen LogP) is 5.64. The average molecular weight is 542 g/mol. The molecule has 0 fully saturated rings. The quantitative estimate of drug-likeness (QED) is 0.255. The summed E-state index contributed by atoms with van der Waals surface area (Å²) in [5.41, 5.74) is 4.87. The maximum absolute atomic E-state index is 13.2. The number of benzene rings is 4. The van der Waals surface area contributed by atoms with E-state index in [9.17, 15) is 18.0 Å². The third-order valence-electron chi connectivity index (χ3n) is 6.46. The fourth-order valence-electron chi connectivity index (χ4n) is 4.09. The summed E-state index contributed by atoms with van der Waals surface area (Å²) in [6.07, 6.45) is 0.678. The van der Waals surface area contributed by atoms with Crippen molar-refractivity contribution in [2.75, 3.05) is 16.6 Å². The van der Waals surface area contributed by atoms with Gasteiger partial charge in [-0.3, -0.25) is 14.3 Å². The van der Waals surface area contributed by atoms with Crippen molar-refractivity contribution in [3.8, 4) is 0 Å². The topological polar surface area (TPSA) is 104 Å². The van der Waals surface area contributed by atoms with Crippen molar-refractivity contribution in [1.29, 1.82) is 0 Å². The molecule has 0 heterocycles. The van der Waals surface area contributed by atoms with Crippen molar-refractivity contribution in [1.82, 2.24) is 5.32 Å². The molecule has 0 unspecified atom stereocenters. The lowest BCUT2D eigenvalue weighted by Crippen LogP contribution is -2.27. The summed E-state index contributed by atoms with van der Waals surface area (Å²) in [5, 5.41) is 5.65. The van der Waals surface area contributed by atoms with E-state index in [4.69, 9.17) is 0 Å². The van der Waals surface area contributed by atoms with Crippen molar-refractivity contribution < 1.29 is 18.0 Å². The SMILES string of the molecule is Cc1ccc(NS(=O)(=O)c2cc(C(=O)Nc3ccccc3C(=O)NCCc3ccccc3)ccc2C)cc1C. The fourth-order valence-corrected chi connectivity index (χ4v) is 5.41. The number of carbonyl (C=O) groups excluding carboxylic acids is 2. The molecule has 0 spiro atoms. The minimum absolute atomic E-state index is 0.000295. The average Bonchev–Trinajstić information content (AvgIpc) is 2.91. The van der Waals surface area contributed by atoms with Gasteiger partial charge in [-0.1, -0.05) is 54.6 Å². The molecule has 0 saturated heterocycles. The van der Waals surface area contributed by atoms with Crippen molar-refractivity contribution >= 4 is 33.2 Å². The number of amides is 2. The van der Waals surface area contributed by atoms with Crippen LogP contribution in [0.1, 0.15) is 43.0 Å². The molecule has 4 rings (SSSR count). The largest absolute Gasteiger partial charge is 0.352 e. The van der Waals surface area contributed by atoms with Gasteiger partial charge in [0.15, 0.2) is 0 Å². The van der Waals surface area contributed by atoms with Gasteiger partial charge in [0.05, 0.1) is 16.1 Å². The Hall–Kier alpha value is -4.43. The highest BCUT2D eigenvalue weighted by Crippen LogP contribution is 2.23. The summed E-state index contributed by atoms with van der Waals surface area (Å²) in [6, 6.07) is 26.3. The molecule has 0 bridgehead atoms. The summed E-state index contributed by atoms with van der Waals surface area (Å²) in [6.45, 7) is 5.97. The van der Waals surface area contributed by atoms with Crippen molar-refractivity contribution in [3.05, 3.63) is 124 Å². The van der Waals surface area contributed by atoms with Gasteiger partial charge < -0.3 is 10.6 Å². The molecule has 200 valence electrons. The number of hydrogen-bond acceptors (Lipinski definition) is 4. The Morgan fingerprint density at radius 1 is 0.718 bits per heavy atom. The summed E-state index contributed by atoms with van der Waals surface area (Å²) >= 11 is 0. The normalized spacial score (nSPS) is 11.1. The van der Waals surface area contributed by atoms with Crippen LogP contribution in [0.25, 0.3) is 0 Å². The zero-order chi connectivity index (χ0) is 28.0. The number of aryl methyl sites for hydroxylation is 3. The Morgan fingerprint density at radius 3 is 2.15 bits per heavy atom. The lowest BCUT2D eigenvalue weighted by Gasteiger charge is -2.14. The molecule has 0 aliphatic heterocycles. The maximum Gasteiger partial charge on any atom is 0.262 e. The summed E-state index contributed by atoms with van der Waals surface area (Å²) in [5.74, 6) is -0.839. The zero-order valence-corrected chi connectivity index (χ0v) is 22.9. The van der Waals surface area contributed by atoms with Gasteiger partial charge >= 0.3 is 0 Å². The number of nitrogens with one attached hydrogen (secondary N) is 3. The molecule has 4 aromatic rings. The van der Waals surface area contributed by atoms with Gasteiger partial charge in [0.2, 0.25) is 0 Å². The number of sulfonamides is 1. The van der Waals surface area contributed by atoms with Gasteiger partial charge in [0.25, 0.3) is 21.8 Å². The second kappa shape index (κ2) is 12.0. The van der Waals surface area contributed by atoms with Crippen LogP contribution in [0.15, 0.2) is 95.9 Å². The van der Waals surface area contributed by atoms with Crippen LogP contribution in [0, 0.1) is 20.8 Å². The Balaban J connectivity index is 1.49. The van der Waals surface area contributed by atoms with Crippen LogP contribution in [0.2, 0.25) is 0 Å². The molecule has 0 aliphatic carbocycles. The number of anilines is 2. The number of para-hydroxylation sites is 1. The molecule has 39 heavy (non-hydrogen) atoms. The van der Waals surface area contributed by atoms with Crippen molar-refractivity contribution in [2.24, 2.45) is 0 Å². The molecule has 0 aromatic heterocycles. The maximum atomic E-state index is 13.2. The highest BCUT2D eigenvalue weighted by molar-refractivity contribution is 7.92. The first-order chi connectivity index (χ1) is 18.6. The van der Waals surface area contributed by atoms with E-state index in [-0.39, 0.29) is 16.4 Å². The first-order valence-electron chi connectivity index (χ1n) is 12.6. The third-order valence-corrected chi connectivity index (χ3v) is 7.98. The van der Waals surface area contributed by atoms with E-state index in [0.29, 0.717) is 35.5 Å². The Bertz CT molecular complexity index is 1620. The van der Waals surface area contributed by atoms with Crippen LogP contribution in [0.4, 0.5) is 11.4 Å². The number of rotatable bonds is 9. The molecule has 0 saturated carbocycles. The summed E-state index contributed by atoms with van der Waals surface area (Å²) in [7, 11) is -3.95. The van der Waals surface area contributed by atoms with Gasteiger partial charge in [0.1, 0.15) is 0 Å². The van der Waals surface area contributed by atoms with Gasteiger partial charge in [0, 0.05) is 17.8 Å². The second-order valence-electron chi connectivity index (χ2n) is 9.38. The van der Waals surface area contributed by atoms with Gasteiger partial charge in [-0.2, -0.15) is 0 Å². The highest BCUT2D eigenvalue weighted by Gasteiger charge is 2.21. The summed E-state index contributed by atoms with van der Waals surface area (Å²) in [4.78, 5) is 26.0. The van der Waals surface area contributed by atoms with Crippen molar-refractivity contribution in [2.45, 2.75) is 32.1 Å². The molecule has 4 aromatic carbocycles. The third kappa shape index (κ3) is 6.91. The van der Waals surface area contributed by atoms with Crippen molar-refractivity contribution in [3.63, 3.8) is 0 Å². The lowest BCUT2D eigenvalue weighted by atomic mass is 10.1. The first-order valence-corrected chi connectivity index (χ1v) is 14.1. The van der Waals surface area contributed by atoms with E-state index in [2.05, 4.69) is 15.4 Å². The van der Waals surface area contributed by atoms with Gasteiger partial charge in [-0.15, -0.1) is 0 Å². The molecule has 2 amide bonds. The minimum Gasteiger partial charge on any atom is -0.352 e. The van der Waals surface area contributed by atoms with Crippen LogP contribution >= 0.6 is 0 Å². The van der Waals surface area contributed by atoms with E-state index in [1.165, 1.54) is 6.07 Å². The van der Waals surface area contributed by atoms with E-state index < -0.39 is 15.9 Å². The van der Waals surface area contributed by atoms with Gasteiger partial charge in [-0.05, 0) is 85.8 Å². The summed E-state index contributed by atoms with van der Waals surface area (Å²) < 4.78 is 29.0. The minimum atomic E-state index is -3.95. The Kier molecular flexibility index (Phi) is 8.46. The second-order valence-corrected chi connectivity index (χ2v) is 11.0. The zero-order valence-electron chi connectivity index (χ0n) is 22.1. The molecular formula is C31H31N3O4S. The first kappa shape index (κ1) is 27.6. The number of hydrogen-bond donors (Lipinski definition) is 3. The molecule has 0 radical (unpaired) electrons. The molecule has 0 atom stereocenters. The van der Waals surface area contributed by atoms with E-state index >= 15 is 0 Å². The highest BCUT2D eigenvalue weighted by atomic mass is 32.2. The van der Waals surface area contributed by atoms with Crippen LogP contribution < -0.4 is 15.4 Å².